The lowest BCUT2D eigenvalue weighted by Crippen LogP contribution is -2.15. The zero-order valence-corrected chi connectivity index (χ0v) is 15.2. The van der Waals surface area contributed by atoms with Crippen molar-refractivity contribution >= 4 is 10.8 Å². The van der Waals surface area contributed by atoms with Gasteiger partial charge in [-0.3, -0.25) is 4.21 Å². The summed E-state index contributed by atoms with van der Waals surface area (Å²) >= 11 is 0. The number of halogens is 4. The summed E-state index contributed by atoms with van der Waals surface area (Å²) in [6.45, 7) is 4.14. The molecule has 6 heteroatoms. The Labute approximate surface area is 144 Å². The Bertz CT molecular complexity index is 522. The van der Waals surface area contributed by atoms with E-state index in [1.165, 1.54) is 0 Å². The first-order valence-electron chi connectivity index (χ1n) is 8.63. The van der Waals surface area contributed by atoms with Crippen molar-refractivity contribution in [2.24, 2.45) is 5.92 Å². The Morgan fingerprint density at radius 2 is 1.42 bits per heavy atom. The highest BCUT2D eigenvalue weighted by Crippen LogP contribution is 2.26. The number of hydrogen-bond acceptors (Lipinski definition) is 1. The molecule has 2 atom stereocenters. The predicted molar refractivity (Wildman–Crippen MR) is 89.3 cm³/mol. The van der Waals surface area contributed by atoms with Crippen LogP contribution in [0.4, 0.5) is 17.6 Å². The summed E-state index contributed by atoms with van der Waals surface area (Å²) in [6, 6.07) is 0.144. The molecular formula is C18H26F4OS. The van der Waals surface area contributed by atoms with E-state index < -0.39 is 39.0 Å². The molecule has 2 unspecified atom stereocenters. The molecule has 0 heterocycles. The second kappa shape index (κ2) is 10.9. The molecule has 0 bridgehead atoms. The topological polar surface area (TPSA) is 17.1 Å². The van der Waals surface area contributed by atoms with E-state index in [0.717, 1.165) is 51.4 Å². The summed E-state index contributed by atoms with van der Waals surface area (Å²) < 4.78 is 66.5. The van der Waals surface area contributed by atoms with Crippen LogP contribution < -0.4 is 0 Å². The van der Waals surface area contributed by atoms with Gasteiger partial charge >= 0.3 is 0 Å². The molecule has 0 aliphatic heterocycles. The molecule has 1 rings (SSSR count). The van der Waals surface area contributed by atoms with Gasteiger partial charge in [0.05, 0.1) is 10.8 Å². The summed E-state index contributed by atoms with van der Waals surface area (Å²) in [4.78, 5) is -0.970. The van der Waals surface area contributed by atoms with Crippen LogP contribution in [0.3, 0.4) is 0 Å². The molecule has 0 amide bonds. The minimum absolute atomic E-state index is 0.0306. The lowest BCUT2D eigenvalue weighted by molar-refractivity contribution is 0.420. The highest BCUT2D eigenvalue weighted by Gasteiger charge is 2.25. The average Bonchev–Trinajstić information content (AvgIpc) is 2.54. The van der Waals surface area contributed by atoms with E-state index in [9.17, 15) is 21.8 Å². The molecule has 1 nitrogen and oxygen atoms in total. The van der Waals surface area contributed by atoms with Gasteiger partial charge in [-0.2, -0.15) is 0 Å². The van der Waals surface area contributed by atoms with Gasteiger partial charge in [0.15, 0.2) is 23.3 Å². The Hall–Kier alpha value is -0.910. The van der Waals surface area contributed by atoms with Gasteiger partial charge in [-0.1, -0.05) is 52.4 Å². The first kappa shape index (κ1) is 21.1. The number of rotatable bonds is 11. The van der Waals surface area contributed by atoms with Crippen LogP contribution >= 0.6 is 0 Å². The molecule has 0 aliphatic carbocycles. The highest BCUT2D eigenvalue weighted by atomic mass is 32.2. The van der Waals surface area contributed by atoms with E-state index in [0.29, 0.717) is 0 Å². The van der Waals surface area contributed by atoms with E-state index >= 15 is 0 Å². The van der Waals surface area contributed by atoms with E-state index in [-0.39, 0.29) is 17.7 Å². The maximum atomic E-state index is 13.8. The Kier molecular flexibility index (Phi) is 9.56. The van der Waals surface area contributed by atoms with Crippen molar-refractivity contribution in [1.29, 1.82) is 0 Å². The molecule has 0 saturated carbocycles. The van der Waals surface area contributed by atoms with Crippen LogP contribution in [0.15, 0.2) is 11.0 Å². The van der Waals surface area contributed by atoms with Crippen LogP contribution in [0.25, 0.3) is 0 Å². The van der Waals surface area contributed by atoms with Crippen molar-refractivity contribution in [3.05, 3.63) is 29.3 Å². The minimum atomic E-state index is -2.10. The second-order valence-electron chi connectivity index (χ2n) is 6.17. The Morgan fingerprint density at radius 1 is 0.875 bits per heavy atom. The predicted octanol–water partition coefficient (Wildman–Crippen LogP) is 6.13. The molecule has 0 aromatic heterocycles. The highest BCUT2D eigenvalue weighted by molar-refractivity contribution is 7.85. The van der Waals surface area contributed by atoms with E-state index in [1.807, 2.05) is 6.92 Å². The van der Waals surface area contributed by atoms with Gasteiger partial charge in [0.2, 0.25) is 0 Å². The minimum Gasteiger partial charge on any atom is -0.254 e. The molecule has 0 saturated heterocycles. The van der Waals surface area contributed by atoms with Gasteiger partial charge in [0.25, 0.3) is 0 Å². The maximum absolute atomic E-state index is 13.8. The molecule has 0 fully saturated rings. The fourth-order valence-corrected chi connectivity index (χ4v) is 4.24. The van der Waals surface area contributed by atoms with E-state index in [1.54, 1.807) is 0 Å². The summed E-state index contributed by atoms with van der Waals surface area (Å²) in [5.41, 5.74) is 0. The largest absolute Gasteiger partial charge is 0.254 e. The van der Waals surface area contributed by atoms with Gasteiger partial charge in [-0.15, -0.1) is 0 Å². The van der Waals surface area contributed by atoms with Gasteiger partial charge < -0.3 is 0 Å². The van der Waals surface area contributed by atoms with Crippen LogP contribution in [-0.2, 0) is 10.8 Å². The second-order valence-corrected chi connectivity index (χ2v) is 7.60. The summed E-state index contributed by atoms with van der Waals surface area (Å²) in [5.74, 6) is -6.05. The third-order valence-electron chi connectivity index (χ3n) is 4.12. The van der Waals surface area contributed by atoms with E-state index in [4.69, 9.17) is 0 Å². The first-order valence-corrected chi connectivity index (χ1v) is 9.95. The van der Waals surface area contributed by atoms with Gasteiger partial charge in [-0.25, -0.2) is 17.6 Å². The molecule has 0 spiro atoms. The number of benzene rings is 1. The molecule has 138 valence electrons. The number of unbranched alkanes of at least 4 members (excludes halogenated alkanes) is 4. The molecule has 1 aromatic rings. The van der Waals surface area contributed by atoms with Crippen molar-refractivity contribution in [1.82, 2.24) is 0 Å². The monoisotopic (exact) mass is 366 g/mol. The van der Waals surface area contributed by atoms with Gasteiger partial charge in [-0.05, 0) is 18.8 Å². The SMILES string of the molecule is CCCCCCC(CCCC)CS(=O)c1c(F)c(F)cc(F)c1F. The molecule has 1 aromatic carbocycles. The molecule has 0 radical (unpaired) electrons. The quantitative estimate of drug-likeness (QED) is 0.262. The molecule has 24 heavy (non-hydrogen) atoms. The molecular weight excluding hydrogens is 340 g/mol. The lowest BCUT2D eigenvalue weighted by Gasteiger charge is -2.17. The smallest absolute Gasteiger partial charge is 0.178 e. The lowest BCUT2D eigenvalue weighted by atomic mass is 9.97. The average molecular weight is 366 g/mol. The van der Waals surface area contributed by atoms with Crippen molar-refractivity contribution in [3.8, 4) is 0 Å². The van der Waals surface area contributed by atoms with Gasteiger partial charge in [0, 0.05) is 11.8 Å². The van der Waals surface area contributed by atoms with Crippen molar-refractivity contribution in [3.63, 3.8) is 0 Å². The van der Waals surface area contributed by atoms with Crippen molar-refractivity contribution < 1.29 is 21.8 Å². The zero-order chi connectivity index (χ0) is 18.1. The fraction of sp³-hybridized carbons (Fsp3) is 0.667. The Morgan fingerprint density at radius 3 is 1.96 bits per heavy atom. The standard InChI is InChI=1S/C18H26F4OS/c1-3-5-7-8-10-13(9-6-4-2)12-24(23)18-16(21)14(19)11-15(20)17(18)22/h11,13H,3-10,12H2,1-2H3. The molecule has 0 N–H and O–H groups in total. The van der Waals surface area contributed by atoms with Gasteiger partial charge in [0.1, 0.15) is 4.90 Å². The van der Waals surface area contributed by atoms with Crippen LogP contribution in [-0.4, -0.2) is 9.96 Å². The first-order chi connectivity index (χ1) is 11.4. The number of hydrogen-bond donors (Lipinski definition) is 0. The van der Waals surface area contributed by atoms with E-state index in [2.05, 4.69) is 6.92 Å². The van der Waals surface area contributed by atoms with Crippen LogP contribution in [0, 0.1) is 29.2 Å². The Balaban J connectivity index is 2.83. The van der Waals surface area contributed by atoms with Crippen molar-refractivity contribution in [2.75, 3.05) is 5.75 Å². The van der Waals surface area contributed by atoms with Crippen LogP contribution in [0.2, 0.25) is 0 Å². The maximum Gasteiger partial charge on any atom is 0.178 e. The third kappa shape index (κ3) is 6.19. The zero-order valence-electron chi connectivity index (χ0n) is 14.3. The molecule has 0 aliphatic rings. The summed E-state index contributed by atoms with van der Waals surface area (Å²) in [7, 11) is -2.10. The summed E-state index contributed by atoms with van der Waals surface area (Å²) in [6.07, 6.45) is 7.74. The normalized spacial score (nSPS) is 13.9. The third-order valence-corrected chi connectivity index (χ3v) is 5.71. The van der Waals surface area contributed by atoms with Crippen molar-refractivity contribution in [2.45, 2.75) is 70.1 Å². The fourth-order valence-electron chi connectivity index (χ4n) is 2.71. The van der Waals surface area contributed by atoms with Crippen LogP contribution in [0.5, 0.6) is 0 Å². The van der Waals surface area contributed by atoms with Crippen LogP contribution in [0.1, 0.15) is 65.2 Å². The summed E-state index contributed by atoms with van der Waals surface area (Å²) in [5, 5.41) is 0.